The van der Waals surface area contributed by atoms with Crippen molar-refractivity contribution in [2.24, 2.45) is 0 Å². The van der Waals surface area contributed by atoms with Gasteiger partial charge in [-0.25, -0.2) is 4.79 Å². The number of aromatic carboxylic acids is 1. The molecule has 0 aliphatic heterocycles. The SMILES string of the molecule is COc1cc(OC)c(-c2cnoc2N)cc1C(=O)O. The number of benzene rings is 1. The molecule has 3 N–H and O–H groups in total. The van der Waals surface area contributed by atoms with E-state index in [2.05, 4.69) is 5.16 Å². The monoisotopic (exact) mass is 264 g/mol. The Morgan fingerprint density at radius 3 is 2.42 bits per heavy atom. The van der Waals surface area contributed by atoms with E-state index in [0.717, 1.165) is 0 Å². The maximum Gasteiger partial charge on any atom is 0.339 e. The van der Waals surface area contributed by atoms with Gasteiger partial charge in [-0.05, 0) is 6.07 Å². The van der Waals surface area contributed by atoms with Crippen LogP contribution in [0, 0.1) is 0 Å². The first-order valence-electron chi connectivity index (χ1n) is 5.28. The number of carbonyl (C=O) groups is 1. The molecule has 2 aromatic rings. The lowest BCUT2D eigenvalue weighted by molar-refractivity contribution is 0.0693. The number of aromatic nitrogens is 1. The Bertz CT molecular complexity index is 621. The van der Waals surface area contributed by atoms with E-state index in [9.17, 15) is 4.79 Å². The molecule has 0 aliphatic carbocycles. The Balaban J connectivity index is 2.69. The number of carboxylic acids is 1. The number of ether oxygens (including phenoxy) is 2. The third-order valence-corrected chi connectivity index (χ3v) is 2.64. The van der Waals surface area contributed by atoms with Crippen LogP contribution in [-0.4, -0.2) is 30.5 Å². The molecular formula is C12H12N2O5. The summed E-state index contributed by atoms with van der Waals surface area (Å²) in [6, 6.07) is 2.88. The Labute approximate surface area is 108 Å². The zero-order valence-corrected chi connectivity index (χ0v) is 10.3. The molecule has 0 fully saturated rings. The molecule has 0 saturated carbocycles. The molecule has 1 aromatic carbocycles. The number of anilines is 1. The second-order valence-corrected chi connectivity index (χ2v) is 3.66. The van der Waals surface area contributed by atoms with E-state index in [0.29, 0.717) is 16.9 Å². The van der Waals surface area contributed by atoms with Crippen LogP contribution in [0.2, 0.25) is 0 Å². The Morgan fingerprint density at radius 1 is 1.26 bits per heavy atom. The van der Waals surface area contributed by atoms with Gasteiger partial charge in [-0.15, -0.1) is 0 Å². The molecule has 100 valence electrons. The molecule has 1 aromatic heterocycles. The van der Waals surface area contributed by atoms with Crippen LogP contribution in [0.25, 0.3) is 11.1 Å². The van der Waals surface area contributed by atoms with E-state index in [4.69, 9.17) is 24.8 Å². The van der Waals surface area contributed by atoms with Gasteiger partial charge in [0.1, 0.15) is 17.1 Å². The molecule has 0 saturated heterocycles. The molecule has 7 nitrogen and oxygen atoms in total. The molecule has 0 spiro atoms. The highest BCUT2D eigenvalue weighted by Gasteiger charge is 2.20. The van der Waals surface area contributed by atoms with Gasteiger partial charge in [0.25, 0.3) is 0 Å². The number of hydrogen-bond acceptors (Lipinski definition) is 6. The van der Waals surface area contributed by atoms with Crippen LogP contribution in [-0.2, 0) is 0 Å². The topological polar surface area (TPSA) is 108 Å². The molecule has 0 unspecified atom stereocenters. The van der Waals surface area contributed by atoms with Crippen molar-refractivity contribution in [2.75, 3.05) is 20.0 Å². The van der Waals surface area contributed by atoms with E-state index >= 15 is 0 Å². The molecular weight excluding hydrogens is 252 g/mol. The number of methoxy groups -OCH3 is 2. The minimum atomic E-state index is -1.12. The minimum absolute atomic E-state index is 0.00102. The van der Waals surface area contributed by atoms with Crippen LogP contribution in [0.5, 0.6) is 11.5 Å². The number of nitrogens with two attached hydrogens (primary N) is 1. The standard InChI is InChI=1S/C12H12N2O5/c1-17-9-4-10(18-2)7(12(15)16)3-6(9)8-5-14-19-11(8)13/h3-5H,13H2,1-2H3,(H,15,16). The Kier molecular flexibility index (Phi) is 3.28. The van der Waals surface area contributed by atoms with Crippen molar-refractivity contribution in [3.63, 3.8) is 0 Å². The van der Waals surface area contributed by atoms with Crippen molar-refractivity contribution in [2.45, 2.75) is 0 Å². The van der Waals surface area contributed by atoms with Crippen molar-refractivity contribution < 1.29 is 23.9 Å². The summed E-state index contributed by atoms with van der Waals surface area (Å²) in [7, 11) is 2.84. The molecule has 0 bridgehead atoms. The third-order valence-electron chi connectivity index (χ3n) is 2.64. The normalized spacial score (nSPS) is 10.2. The van der Waals surface area contributed by atoms with Gasteiger partial charge in [-0.2, -0.15) is 0 Å². The fourth-order valence-corrected chi connectivity index (χ4v) is 1.73. The van der Waals surface area contributed by atoms with Crippen molar-refractivity contribution in [3.8, 4) is 22.6 Å². The zero-order valence-electron chi connectivity index (χ0n) is 10.3. The van der Waals surface area contributed by atoms with Gasteiger partial charge in [-0.3, -0.25) is 0 Å². The van der Waals surface area contributed by atoms with E-state index in [-0.39, 0.29) is 17.2 Å². The van der Waals surface area contributed by atoms with Crippen molar-refractivity contribution in [3.05, 3.63) is 23.9 Å². The summed E-state index contributed by atoms with van der Waals surface area (Å²) in [5.74, 6) is -0.421. The summed E-state index contributed by atoms with van der Waals surface area (Å²) in [5, 5.41) is 12.7. The molecule has 0 radical (unpaired) electrons. The summed E-state index contributed by atoms with van der Waals surface area (Å²) in [6.45, 7) is 0. The summed E-state index contributed by atoms with van der Waals surface area (Å²) in [6.07, 6.45) is 1.39. The third kappa shape index (κ3) is 2.17. The van der Waals surface area contributed by atoms with Crippen LogP contribution in [0.1, 0.15) is 10.4 Å². The summed E-state index contributed by atoms with van der Waals surface area (Å²) in [5.41, 5.74) is 6.56. The van der Waals surface area contributed by atoms with Crippen LogP contribution in [0.15, 0.2) is 22.9 Å². The highest BCUT2D eigenvalue weighted by atomic mass is 16.5. The number of hydrogen-bond donors (Lipinski definition) is 2. The highest BCUT2D eigenvalue weighted by Crippen LogP contribution is 2.38. The zero-order chi connectivity index (χ0) is 14.0. The summed E-state index contributed by atoms with van der Waals surface area (Å²) < 4.78 is 15.0. The van der Waals surface area contributed by atoms with Crippen LogP contribution in [0.3, 0.4) is 0 Å². The van der Waals surface area contributed by atoms with Crippen LogP contribution in [0.4, 0.5) is 5.88 Å². The molecule has 0 amide bonds. The van der Waals surface area contributed by atoms with Gasteiger partial charge in [0.2, 0.25) is 5.88 Å². The van der Waals surface area contributed by atoms with Gasteiger partial charge in [0.05, 0.1) is 26.0 Å². The summed E-state index contributed by atoms with van der Waals surface area (Å²) >= 11 is 0. The largest absolute Gasteiger partial charge is 0.496 e. The van der Waals surface area contributed by atoms with Gasteiger partial charge < -0.3 is 24.8 Å². The lowest BCUT2D eigenvalue weighted by Gasteiger charge is -2.12. The fourth-order valence-electron chi connectivity index (χ4n) is 1.73. The van der Waals surface area contributed by atoms with E-state index in [1.54, 1.807) is 0 Å². The Hall–Kier alpha value is -2.70. The quantitative estimate of drug-likeness (QED) is 0.864. The molecule has 2 rings (SSSR count). The van der Waals surface area contributed by atoms with Crippen molar-refractivity contribution in [1.82, 2.24) is 5.16 Å². The highest BCUT2D eigenvalue weighted by molar-refractivity contribution is 5.94. The lowest BCUT2D eigenvalue weighted by atomic mass is 10.0. The number of rotatable bonds is 4. The number of carboxylic acid groups (broad SMARTS) is 1. The predicted octanol–water partition coefficient (Wildman–Crippen LogP) is 1.64. The molecule has 1 heterocycles. The van der Waals surface area contributed by atoms with E-state index < -0.39 is 5.97 Å². The predicted molar refractivity (Wildman–Crippen MR) is 66.4 cm³/mol. The van der Waals surface area contributed by atoms with Gasteiger partial charge in [0.15, 0.2) is 0 Å². The smallest absolute Gasteiger partial charge is 0.339 e. The first kappa shape index (κ1) is 12.7. The molecule has 7 heteroatoms. The van der Waals surface area contributed by atoms with Crippen LogP contribution < -0.4 is 15.2 Å². The Morgan fingerprint density at radius 2 is 1.95 bits per heavy atom. The van der Waals surface area contributed by atoms with E-state index in [1.165, 1.54) is 32.5 Å². The first-order chi connectivity index (χ1) is 9.08. The second kappa shape index (κ2) is 4.89. The molecule has 19 heavy (non-hydrogen) atoms. The van der Waals surface area contributed by atoms with Crippen molar-refractivity contribution in [1.29, 1.82) is 0 Å². The maximum absolute atomic E-state index is 11.2. The minimum Gasteiger partial charge on any atom is -0.496 e. The number of nitrogen functional groups attached to an aromatic ring is 1. The number of nitrogens with zero attached hydrogens (tertiary/aromatic N) is 1. The summed E-state index contributed by atoms with van der Waals surface area (Å²) in [4.78, 5) is 11.2. The molecule has 0 atom stereocenters. The lowest BCUT2D eigenvalue weighted by Crippen LogP contribution is -2.02. The van der Waals surface area contributed by atoms with Gasteiger partial charge >= 0.3 is 5.97 Å². The van der Waals surface area contributed by atoms with Gasteiger partial charge in [0, 0.05) is 11.6 Å². The van der Waals surface area contributed by atoms with E-state index in [1.807, 2.05) is 0 Å². The molecule has 0 aliphatic rings. The van der Waals surface area contributed by atoms with Crippen molar-refractivity contribution >= 4 is 11.9 Å². The average molecular weight is 264 g/mol. The average Bonchev–Trinajstić information content (AvgIpc) is 2.83. The second-order valence-electron chi connectivity index (χ2n) is 3.66. The van der Waals surface area contributed by atoms with Gasteiger partial charge in [-0.1, -0.05) is 5.16 Å². The first-order valence-corrected chi connectivity index (χ1v) is 5.28. The maximum atomic E-state index is 11.2. The van der Waals surface area contributed by atoms with Crippen LogP contribution >= 0.6 is 0 Å². The fraction of sp³-hybridized carbons (Fsp3) is 0.167.